The molecule has 0 spiro atoms. The molecule has 0 bridgehead atoms. The van der Waals surface area contributed by atoms with Gasteiger partial charge >= 0.3 is 14.8 Å². The Hall–Kier alpha value is -1.59. The second kappa shape index (κ2) is 6.03. The molecule has 0 amide bonds. The SMILES string of the molecule is CC1(C)c2ccccc2-c2cccc(B(O)O)c21.O[B]O. The molecule has 107 valence electrons. The van der Waals surface area contributed by atoms with E-state index in [4.69, 9.17) is 10.0 Å². The predicted molar refractivity (Wildman–Crippen MR) is 84.0 cm³/mol. The Kier molecular flexibility index (Phi) is 4.54. The van der Waals surface area contributed by atoms with Gasteiger partial charge in [0.1, 0.15) is 0 Å². The lowest BCUT2D eigenvalue weighted by Crippen LogP contribution is -2.37. The standard InChI is InChI=1S/C15H15BO2.BH2O2/c1-15(2)12-8-4-3-6-10(12)11-7-5-9-13(14(11)15)16(17)18;2-1-3/h3-9,17-18H,1-2H3;2-3H. The van der Waals surface area contributed by atoms with Gasteiger partial charge in [0.15, 0.2) is 0 Å². The van der Waals surface area contributed by atoms with Gasteiger partial charge in [0.25, 0.3) is 0 Å². The van der Waals surface area contributed by atoms with Crippen LogP contribution < -0.4 is 5.46 Å². The molecule has 2 aromatic rings. The highest BCUT2D eigenvalue weighted by molar-refractivity contribution is 6.59. The first-order chi connectivity index (χ1) is 9.95. The Morgan fingerprint density at radius 1 is 0.905 bits per heavy atom. The summed E-state index contributed by atoms with van der Waals surface area (Å²) in [7, 11) is -1.42. The normalized spacial score (nSPS) is 13.6. The Morgan fingerprint density at radius 3 is 2.10 bits per heavy atom. The van der Waals surface area contributed by atoms with Crippen LogP contribution in [0.3, 0.4) is 0 Å². The summed E-state index contributed by atoms with van der Waals surface area (Å²) in [5.74, 6) is 0. The van der Waals surface area contributed by atoms with E-state index in [1.165, 1.54) is 11.1 Å². The molecule has 0 unspecified atom stereocenters. The zero-order valence-electron chi connectivity index (χ0n) is 12.0. The molecule has 0 saturated carbocycles. The highest BCUT2D eigenvalue weighted by Crippen LogP contribution is 2.47. The van der Waals surface area contributed by atoms with Crippen LogP contribution in [0.25, 0.3) is 11.1 Å². The molecular formula is C15H17B2O4. The molecule has 1 radical (unpaired) electrons. The topological polar surface area (TPSA) is 80.9 Å². The van der Waals surface area contributed by atoms with Gasteiger partial charge in [-0.2, -0.15) is 0 Å². The molecule has 0 saturated heterocycles. The Morgan fingerprint density at radius 2 is 1.48 bits per heavy atom. The smallest absolute Gasteiger partial charge is 0.429 e. The number of hydrogen-bond donors (Lipinski definition) is 4. The summed E-state index contributed by atoms with van der Waals surface area (Å²) in [5, 5.41) is 33.1. The van der Waals surface area contributed by atoms with Crippen molar-refractivity contribution in [2.24, 2.45) is 0 Å². The van der Waals surface area contributed by atoms with Crippen molar-refractivity contribution in [2.75, 3.05) is 0 Å². The maximum atomic E-state index is 9.55. The summed E-state index contributed by atoms with van der Waals surface area (Å²) < 4.78 is 0. The Labute approximate surface area is 125 Å². The van der Waals surface area contributed by atoms with E-state index in [0.717, 1.165) is 11.1 Å². The van der Waals surface area contributed by atoms with Crippen LogP contribution in [-0.2, 0) is 5.41 Å². The molecule has 0 aliphatic heterocycles. The van der Waals surface area contributed by atoms with E-state index in [1.807, 2.05) is 18.2 Å². The first-order valence-electron chi connectivity index (χ1n) is 6.64. The molecule has 6 heteroatoms. The number of hydrogen-bond acceptors (Lipinski definition) is 4. The first kappa shape index (κ1) is 15.8. The summed E-state index contributed by atoms with van der Waals surface area (Å²) in [6.07, 6.45) is 0. The molecule has 21 heavy (non-hydrogen) atoms. The van der Waals surface area contributed by atoms with Crippen LogP contribution in [0.2, 0.25) is 0 Å². The molecule has 4 nitrogen and oxygen atoms in total. The highest BCUT2D eigenvalue weighted by atomic mass is 16.4. The number of fused-ring (bicyclic) bond motifs is 3. The quantitative estimate of drug-likeness (QED) is 0.563. The van der Waals surface area contributed by atoms with Gasteiger partial charge in [0.05, 0.1) is 0 Å². The minimum absolute atomic E-state index is 0. The van der Waals surface area contributed by atoms with E-state index in [9.17, 15) is 10.0 Å². The average molecular weight is 283 g/mol. The van der Waals surface area contributed by atoms with E-state index in [0.29, 0.717) is 5.46 Å². The van der Waals surface area contributed by atoms with Crippen molar-refractivity contribution in [2.45, 2.75) is 19.3 Å². The summed E-state index contributed by atoms with van der Waals surface area (Å²) in [6.45, 7) is 4.26. The maximum Gasteiger partial charge on any atom is 0.488 e. The largest absolute Gasteiger partial charge is 0.488 e. The van der Waals surface area contributed by atoms with Crippen LogP contribution in [-0.4, -0.2) is 34.9 Å². The van der Waals surface area contributed by atoms with E-state index in [1.54, 1.807) is 6.07 Å². The van der Waals surface area contributed by atoms with Crippen LogP contribution in [0.5, 0.6) is 0 Å². The van der Waals surface area contributed by atoms with Gasteiger partial charge in [0.2, 0.25) is 0 Å². The molecule has 4 N–H and O–H groups in total. The number of benzene rings is 2. The molecule has 0 fully saturated rings. The fourth-order valence-corrected chi connectivity index (χ4v) is 3.10. The Bertz CT molecular complexity index is 641. The third-order valence-electron chi connectivity index (χ3n) is 3.89. The molecule has 3 rings (SSSR count). The predicted octanol–water partition coefficient (Wildman–Crippen LogP) is 0.178. The Balaban J connectivity index is 0.000000497. The van der Waals surface area contributed by atoms with Crippen LogP contribution in [0.1, 0.15) is 25.0 Å². The summed E-state index contributed by atoms with van der Waals surface area (Å²) in [5.41, 5.74) is 5.00. The van der Waals surface area contributed by atoms with Crippen molar-refractivity contribution in [1.82, 2.24) is 0 Å². The number of rotatable bonds is 1. The molecule has 0 atom stereocenters. The molecule has 0 aromatic heterocycles. The van der Waals surface area contributed by atoms with Crippen LogP contribution in [0.15, 0.2) is 42.5 Å². The van der Waals surface area contributed by atoms with Crippen molar-refractivity contribution >= 4 is 20.3 Å². The van der Waals surface area contributed by atoms with Crippen molar-refractivity contribution in [1.29, 1.82) is 0 Å². The minimum atomic E-state index is -1.42. The summed E-state index contributed by atoms with van der Waals surface area (Å²) >= 11 is 0. The maximum absolute atomic E-state index is 9.55. The lowest BCUT2D eigenvalue weighted by Gasteiger charge is -2.24. The zero-order valence-corrected chi connectivity index (χ0v) is 12.0. The molecule has 0 heterocycles. The second-order valence-electron chi connectivity index (χ2n) is 5.43. The van der Waals surface area contributed by atoms with Crippen molar-refractivity contribution < 1.29 is 20.1 Å². The molecule has 1 aliphatic rings. The highest BCUT2D eigenvalue weighted by Gasteiger charge is 2.38. The van der Waals surface area contributed by atoms with E-state index >= 15 is 0 Å². The van der Waals surface area contributed by atoms with Crippen LogP contribution >= 0.6 is 0 Å². The molecule has 1 aliphatic carbocycles. The fraction of sp³-hybridized carbons (Fsp3) is 0.200. The van der Waals surface area contributed by atoms with E-state index in [-0.39, 0.29) is 13.1 Å². The molecule has 2 aromatic carbocycles. The lowest BCUT2D eigenvalue weighted by atomic mass is 9.69. The van der Waals surface area contributed by atoms with E-state index in [2.05, 4.69) is 32.0 Å². The van der Waals surface area contributed by atoms with Crippen molar-refractivity contribution in [3.63, 3.8) is 0 Å². The monoisotopic (exact) mass is 283 g/mol. The fourth-order valence-electron chi connectivity index (χ4n) is 3.10. The van der Waals surface area contributed by atoms with Gasteiger partial charge in [-0.3, -0.25) is 0 Å². The van der Waals surface area contributed by atoms with Gasteiger partial charge in [-0.15, -0.1) is 0 Å². The molecular weight excluding hydrogens is 266 g/mol. The van der Waals surface area contributed by atoms with E-state index < -0.39 is 7.12 Å². The third kappa shape index (κ3) is 2.63. The summed E-state index contributed by atoms with van der Waals surface area (Å²) in [6, 6.07) is 14.0. The average Bonchev–Trinajstić information content (AvgIpc) is 2.69. The van der Waals surface area contributed by atoms with Gasteiger partial charge in [-0.05, 0) is 27.7 Å². The minimum Gasteiger partial charge on any atom is -0.429 e. The van der Waals surface area contributed by atoms with Gasteiger partial charge in [-0.1, -0.05) is 56.3 Å². The van der Waals surface area contributed by atoms with Crippen LogP contribution in [0, 0.1) is 0 Å². The van der Waals surface area contributed by atoms with Gasteiger partial charge in [0, 0.05) is 5.41 Å². The van der Waals surface area contributed by atoms with Crippen LogP contribution in [0.4, 0.5) is 0 Å². The second-order valence-corrected chi connectivity index (χ2v) is 5.43. The van der Waals surface area contributed by atoms with Gasteiger partial charge < -0.3 is 20.1 Å². The zero-order chi connectivity index (χ0) is 15.6. The van der Waals surface area contributed by atoms with Crippen molar-refractivity contribution in [3.8, 4) is 11.1 Å². The first-order valence-corrected chi connectivity index (χ1v) is 6.64. The van der Waals surface area contributed by atoms with Gasteiger partial charge in [-0.25, -0.2) is 0 Å². The van der Waals surface area contributed by atoms with Crippen molar-refractivity contribution in [3.05, 3.63) is 53.6 Å². The lowest BCUT2D eigenvalue weighted by molar-refractivity contribution is 0.424. The third-order valence-corrected chi connectivity index (χ3v) is 3.89. The summed E-state index contributed by atoms with van der Waals surface area (Å²) in [4.78, 5) is 0.